The number of piperazine rings is 1. The first-order valence-corrected chi connectivity index (χ1v) is 7.75. The minimum absolute atomic E-state index is 0.175. The van der Waals surface area contributed by atoms with E-state index in [9.17, 15) is 9.50 Å². The number of hydrogen-bond donors (Lipinski definition) is 1. The zero-order chi connectivity index (χ0) is 16.2. The first-order valence-electron chi connectivity index (χ1n) is 7.75. The third-order valence-corrected chi connectivity index (χ3v) is 4.26. The van der Waals surface area contributed by atoms with Crippen molar-refractivity contribution in [2.45, 2.75) is 6.54 Å². The van der Waals surface area contributed by atoms with Gasteiger partial charge in [-0.05, 0) is 18.2 Å². The second-order valence-corrected chi connectivity index (χ2v) is 5.68. The average Bonchev–Trinajstić information content (AvgIpc) is 2.58. The number of ether oxygens (including phenoxy) is 1. The molecule has 0 aliphatic carbocycles. The van der Waals surface area contributed by atoms with Gasteiger partial charge in [-0.1, -0.05) is 24.3 Å². The van der Waals surface area contributed by atoms with Crippen LogP contribution in [0, 0.1) is 5.82 Å². The molecule has 1 fully saturated rings. The van der Waals surface area contributed by atoms with Crippen molar-refractivity contribution >= 4 is 5.69 Å². The summed E-state index contributed by atoms with van der Waals surface area (Å²) in [5.41, 5.74) is 1.51. The van der Waals surface area contributed by atoms with Gasteiger partial charge >= 0.3 is 0 Å². The van der Waals surface area contributed by atoms with Crippen molar-refractivity contribution in [1.29, 1.82) is 0 Å². The predicted molar refractivity (Wildman–Crippen MR) is 88.5 cm³/mol. The maximum absolute atomic E-state index is 13.9. The third-order valence-electron chi connectivity index (χ3n) is 4.26. The Morgan fingerprint density at radius 3 is 2.48 bits per heavy atom. The summed E-state index contributed by atoms with van der Waals surface area (Å²) in [4.78, 5) is 4.32. The molecular weight excluding hydrogens is 295 g/mol. The molecule has 1 saturated heterocycles. The zero-order valence-corrected chi connectivity index (χ0v) is 13.2. The molecule has 0 radical (unpaired) electrons. The monoisotopic (exact) mass is 316 g/mol. The summed E-state index contributed by atoms with van der Waals surface area (Å²) in [5.74, 6) is 0.519. The van der Waals surface area contributed by atoms with Gasteiger partial charge in [0, 0.05) is 38.3 Å². The van der Waals surface area contributed by atoms with Crippen LogP contribution in [0.4, 0.5) is 10.1 Å². The average molecular weight is 316 g/mol. The van der Waals surface area contributed by atoms with Gasteiger partial charge < -0.3 is 14.7 Å². The Kier molecular flexibility index (Phi) is 4.67. The lowest BCUT2D eigenvalue weighted by Gasteiger charge is -2.36. The van der Waals surface area contributed by atoms with Crippen LogP contribution in [0.5, 0.6) is 11.5 Å². The topological polar surface area (TPSA) is 35.9 Å². The summed E-state index contributed by atoms with van der Waals surface area (Å²) in [6.45, 7) is 3.85. The highest BCUT2D eigenvalue weighted by molar-refractivity contribution is 5.48. The molecule has 2 aromatic carbocycles. The van der Waals surface area contributed by atoms with Crippen LogP contribution in [0.25, 0.3) is 0 Å². The fourth-order valence-electron chi connectivity index (χ4n) is 2.96. The Labute approximate surface area is 135 Å². The maximum Gasteiger partial charge on any atom is 0.162 e. The number of aromatic hydroxyl groups is 1. The van der Waals surface area contributed by atoms with E-state index in [4.69, 9.17) is 4.74 Å². The summed E-state index contributed by atoms with van der Waals surface area (Å²) in [6, 6.07) is 12.4. The molecule has 4 nitrogen and oxygen atoms in total. The van der Waals surface area contributed by atoms with Crippen LogP contribution in [-0.4, -0.2) is 43.3 Å². The Bertz CT molecular complexity index is 670. The van der Waals surface area contributed by atoms with Gasteiger partial charge in [-0.25, -0.2) is 4.39 Å². The van der Waals surface area contributed by atoms with Crippen molar-refractivity contribution in [2.24, 2.45) is 0 Å². The van der Waals surface area contributed by atoms with Gasteiger partial charge in [0.2, 0.25) is 0 Å². The summed E-state index contributed by atoms with van der Waals surface area (Å²) >= 11 is 0. The SMILES string of the molecule is COc1cccc(CN2CCN(c3ccccc3F)CC2)c1O. The number of para-hydroxylation sites is 2. The molecule has 0 atom stereocenters. The lowest BCUT2D eigenvalue weighted by Crippen LogP contribution is -2.46. The molecule has 122 valence electrons. The van der Waals surface area contributed by atoms with Gasteiger partial charge in [-0.15, -0.1) is 0 Å². The molecule has 0 bridgehead atoms. The first-order chi connectivity index (χ1) is 11.2. The molecule has 3 rings (SSSR count). The number of halogens is 1. The van der Waals surface area contributed by atoms with E-state index in [1.165, 1.54) is 6.07 Å². The Morgan fingerprint density at radius 2 is 1.78 bits per heavy atom. The van der Waals surface area contributed by atoms with Crippen molar-refractivity contribution in [1.82, 2.24) is 4.90 Å². The lowest BCUT2D eigenvalue weighted by molar-refractivity contribution is 0.245. The van der Waals surface area contributed by atoms with Gasteiger partial charge in [-0.2, -0.15) is 0 Å². The fraction of sp³-hybridized carbons (Fsp3) is 0.333. The molecule has 23 heavy (non-hydrogen) atoms. The summed E-state index contributed by atoms with van der Waals surface area (Å²) < 4.78 is 19.0. The highest BCUT2D eigenvalue weighted by atomic mass is 19.1. The number of phenols is 1. The van der Waals surface area contributed by atoms with E-state index in [2.05, 4.69) is 9.80 Å². The van der Waals surface area contributed by atoms with E-state index >= 15 is 0 Å². The van der Waals surface area contributed by atoms with Crippen LogP contribution >= 0.6 is 0 Å². The van der Waals surface area contributed by atoms with Gasteiger partial charge in [0.25, 0.3) is 0 Å². The van der Waals surface area contributed by atoms with E-state index in [1.54, 1.807) is 19.2 Å². The van der Waals surface area contributed by atoms with Crippen LogP contribution in [0.3, 0.4) is 0 Å². The van der Waals surface area contributed by atoms with Crippen LogP contribution < -0.4 is 9.64 Å². The zero-order valence-electron chi connectivity index (χ0n) is 13.2. The third kappa shape index (κ3) is 3.40. The second-order valence-electron chi connectivity index (χ2n) is 5.68. The highest BCUT2D eigenvalue weighted by Crippen LogP contribution is 2.30. The first kappa shape index (κ1) is 15.6. The molecule has 0 amide bonds. The molecule has 0 spiro atoms. The normalized spacial score (nSPS) is 15.7. The molecule has 0 unspecified atom stereocenters. The van der Waals surface area contributed by atoms with Crippen molar-refractivity contribution < 1.29 is 14.2 Å². The molecule has 1 aliphatic rings. The quantitative estimate of drug-likeness (QED) is 0.941. The number of rotatable bonds is 4. The molecule has 5 heteroatoms. The number of nitrogens with zero attached hydrogens (tertiary/aromatic N) is 2. The molecule has 1 heterocycles. The van der Waals surface area contributed by atoms with Crippen LogP contribution in [0.1, 0.15) is 5.56 Å². The Hall–Kier alpha value is -2.27. The van der Waals surface area contributed by atoms with Gasteiger partial charge in [0.05, 0.1) is 12.8 Å². The molecule has 1 aliphatic heterocycles. The van der Waals surface area contributed by atoms with Gasteiger partial charge in [-0.3, -0.25) is 4.90 Å². The number of phenolic OH excluding ortho intramolecular Hbond substituents is 1. The van der Waals surface area contributed by atoms with Crippen molar-refractivity contribution in [3.63, 3.8) is 0 Å². The Balaban J connectivity index is 1.63. The predicted octanol–water partition coefficient (Wildman–Crippen LogP) is 2.86. The van der Waals surface area contributed by atoms with E-state index in [0.717, 1.165) is 31.7 Å². The molecule has 2 aromatic rings. The Morgan fingerprint density at radius 1 is 1.04 bits per heavy atom. The van der Waals surface area contributed by atoms with Crippen LogP contribution in [0.15, 0.2) is 42.5 Å². The van der Waals surface area contributed by atoms with E-state index in [-0.39, 0.29) is 11.6 Å². The summed E-state index contributed by atoms with van der Waals surface area (Å²) in [6.07, 6.45) is 0. The molecular formula is C18H21FN2O2. The number of anilines is 1. The lowest BCUT2D eigenvalue weighted by atomic mass is 10.1. The van der Waals surface area contributed by atoms with Gasteiger partial charge in [0.1, 0.15) is 5.82 Å². The summed E-state index contributed by atoms with van der Waals surface area (Å²) in [5, 5.41) is 10.2. The number of benzene rings is 2. The molecule has 0 aromatic heterocycles. The fourth-order valence-corrected chi connectivity index (χ4v) is 2.96. The van der Waals surface area contributed by atoms with Crippen molar-refractivity contribution in [3.05, 3.63) is 53.8 Å². The van der Waals surface area contributed by atoms with Crippen LogP contribution in [0.2, 0.25) is 0 Å². The maximum atomic E-state index is 13.9. The highest BCUT2D eigenvalue weighted by Gasteiger charge is 2.20. The largest absolute Gasteiger partial charge is 0.504 e. The standard InChI is InChI=1S/C18H21FN2O2/c1-23-17-8-4-5-14(18(17)22)13-20-9-11-21(12-10-20)16-7-3-2-6-15(16)19/h2-8,22H,9-13H2,1H3. The molecule has 1 N–H and O–H groups in total. The molecule has 0 saturated carbocycles. The summed E-state index contributed by atoms with van der Waals surface area (Å²) in [7, 11) is 1.55. The number of hydrogen-bond acceptors (Lipinski definition) is 4. The second kappa shape index (κ2) is 6.87. The minimum atomic E-state index is -0.175. The van der Waals surface area contributed by atoms with E-state index in [0.29, 0.717) is 18.0 Å². The van der Waals surface area contributed by atoms with Crippen LogP contribution in [-0.2, 0) is 6.54 Å². The van der Waals surface area contributed by atoms with E-state index in [1.807, 2.05) is 24.3 Å². The van der Waals surface area contributed by atoms with E-state index < -0.39 is 0 Å². The van der Waals surface area contributed by atoms with Gasteiger partial charge in [0.15, 0.2) is 11.5 Å². The minimum Gasteiger partial charge on any atom is -0.504 e. The van der Waals surface area contributed by atoms with Crippen molar-refractivity contribution in [3.8, 4) is 11.5 Å². The van der Waals surface area contributed by atoms with Crippen molar-refractivity contribution in [2.75, 3.05) is 38.2 Å². The number of methoxy groups -OCH3 is 1. The smallest absolute Gasteiger partial charge is 0.162 e.